The van der Waals surface area contributed by atoms with Crippen molar-refractivity contribution >= 4 is 40.2 Å². The molecule has 3 N–H and O–H groups in total. The minimum absolute atomic E-state index is 0.197. The highest BCUT2D eigenvalue weighted by atomic mass is 35.5. The number of carbonyl (C=O) groups excluding carboxylic acids is 1. The van der Waals surface area contributed by atoms with Gasteiger partial charge in [-0.05, 0) is 42.5 Å². The maximum Gasteiger partial charge on any atom is 0.337 e. The normalized spacial score (nSPS) is 11.3. The fourth-order valence-electron chi connectivity index (χ4n) is 3.17. The number of hydrazine groups is 1. The quantitative estimate of drug-likeness (QED) is 0.413. The van der Waals surface area contributed by atoms with Gasteiger partial charge in [-0.15, -0.1) is 0 Å². The summed E-state index contributed by atoms with van der Waals surface area (Å²) in [5, 5.41) is 8.60. The van der Waals surface area contributed by atoms with Gasteiger partial charge in [0.2, 0.25) is 0 Å². The smallest absolute Gasteiger partial charge is 0.306 e. The number of halogens is 1. The van der Waals surface area contributed by atoms with Crippen molar-refractivity contribution < 1.29 is 4.79 Å². The maximum absolute atomic E-state index is 12.3. The number of pyridine rings is 2. The number of aromatic nitrogens is 4. The summed E-state index contributed by atoms with van der Waals surface area (Å²) < 4.78 is 1.74. The number of hydrogen-bond acceptors (Lipinski definition) is 5. The SMILES string of the molecule is Cc1nn(C)c2nc(NNC(=O)Nc3cc(Cl)nc(C(C)C)c3)cc(C(C)C)c12. The van der Waals surface area contributed by atoms with Gasteiger partial charge in [0.1, 0.15) is 11.0 Å². The lowest BCUT2D eigenvalue weighted by Gasteiger charge is -2.14. The third-order valence-corrected chi connectivity index (χ3v) is 4.78. The zero-order valence-corrected chi connectivity index (χ0v) is 18.2. The second-order valence-corrected chi connectivity index (χ2v) is 8.01. The van der Waals surface area contributed by atoms with Crippen LogP contribution in [0.15, 0.2) is 18.2 Å². The van der Waals surface area contributed by atoms with Crippen LogP contribution in [0.3, 0.4) is 0 Å². The molecule has 0 aliphatic carbocycles. The molecule has 154 valence electrons. The highest BCUT2D eigenvalue weighted by Crippen LogP contribution is 2.29. The van der Waals surface area contributed by atoms with Gasteiger partial charge >= 0.3 is 6.03 Å². The summed E-state index contributed by atoms with van der Waals surface area (Å²) in [6, 6.07) is 4.90. The van der Waals surface area contributed by atoms with Gasteiger partial charge in [-0.1, -0.05) is 39.3 Å². The Balaban J connectivity index is 1.77. The van der Waals surface area contributed by atoms with Gasteiger partial charge in [0.05, 0.1) is 5.69 Å². The van der Waals surface area contributed by atoms with E-state index in [-0.39, 0.29) is 11.8 Å². The van der Waals surface area contributed by atoms with E-state index in [1.165, 1.54) is 0 Å². The Morgan fingerprint density at radius 2 is 1.83 bits per heavy atom. The zero-order chi connectivity index (χ0) is 21.3. The molecule has 3 rings (SSSR count). The van der Waals surface area contributed by atoms with Crippen LogP contribution in [0.4, 0.5) is 16.3 Å². The molecular formula is C20H26ClN7O. The van der Waals surface area contributed by atoms with Crippen molar-refractivity contribution in [3.63, 3.8) is 0 Å². The van der Waals surface area contributed by atoms with Crippen LogP contribution in [-0.4, -0.2) is 25.8 Å². The van der Waals surface area contributed by atoms with Crippen LogP contribution in [-0.2, 0) is 7.05 Å². The predicted molar refractivity (Wildman–Crippen MR) is 116 cm³/mol. The Kier molecular flexibility index (Phi) is 5.93. The van der Waals surface area contributed by atoms with Crippen molar-refractivity contribution in [3.8, 4) is 0 Å². The molecule has 29 heavy (non-hydrogen) atoms. The standard InChI is InChI=1S/C20H26ClN7O/c1-10(2)14-9-17(24-19-18(14)12(5)27-28(19)6)25-26-20(29)22-13-7-15(11(3)4)23-16(21)8-13/h7-11H,1-6H3,(H,24,25)(H2,22,23,26,29). The molecule has 0 saturated carbocycles. The number of nitrogens with zero attached hydrogens (tertiary/aromatic N) is 4. The summed E-state index contributed by atoms with van der Waals surface area (Å²) in [5.74, 6) is 1.02. The Morgan fingerprint density at radius 3 is 2.48 bits per heavy atom. The Bertz CT molecular complexity index is 1060. The van der Waals surface area contributed by atoms with Crippen LogP contribution in [0.25, 0.3) is 11.0 Å². The average Bonchev–Trinajstić information content (AvgIpc) is 2.92. The third kappa shape index (κ3) is 4.59. The highest BCUT2D eigenvalue weighted by Gasteiger charge is 2.16. The van der Waals surface area contributed by atoms with Gasteiger partial charge in [-0.3, -0.25) is 15.5 Å². The average molecular weight is 416 g/mol. The Hall–Kier alpha value is -2.87. The van der Waals surface area contributed by atoms with Crippen LogP contribution < -0.4 is 16.2 Å². The summed E-state index contributed by atoms with van der Waals surface area (Å²) >= 11 is 6.05. The van der Waals surface area contributed by atoms with E-state index < -0.39 is 6.03 Å². The first-order valence-corrected chi connectivity index (χ1v) is 9.88. The van der Waals surface area contributed by atoms with Crippen molar-refractivity contribution in [3.05, 3.63) is 40.3 Å². The summed E-state index contributed by atoms with van der Waals surface area (Å²) in [5.41, 5.74) is 9.69. The van der Waals surface area contributed by atoms with Gasteiger partial charge in [0, 0.05) is 23.8 Å². The lowest BCUT2D eigenvalue weighted by molar-refractivity contribution is 0.254. The fraction of sp³-hybridized carbons (Fsp3) is 0.400. The highest BCUT2D eigenvalue weighted by molar-refractivity contribution is 6.29. The van der Waals surface area contributed by atoms with Gasteiger partial charge in [-0.2, -0.15) is 5.10 Å². The zero-order valence-electron chi connectivity index (χ0n) is 17.5. The van der Waals surface area contributed by atoms with E-state index in [1.54, 1.807) is 16.8 Å². The molecule has 0 atom stereocenters. The van der Waals surface area contributed by atoms with Gasteiger partial charge in [-0.25, -0.2) is 14.8 Å². The van der Waals surface area contributed by atoms with E-state index in [2.05, 4.69) is 45.1 Å². The monoisotopic (exact) mass is 415 g/mol. The molecule has 0 radical (unpaired) electrons. The van der Waals surface area contributed by atoms with Crippen molar-refractivity contribution in [2.45, 2.75) is 46.5 Å². The lowest BCUT2D eigenvalue weighted by Crippen LogP contribution is -2.34. The number of fused-ring (bicyclic) bond motifs is 1. The first-order chi connectivity index (χ1) is 13.7. The first kappa shape index (κ1) is 20.9. The minimum Gasteiger partial charge on any atom is -0.306 e. The van der Waals surface area contributed by atoms with E-state index in [1.807, 2.05) is 33.9 Å². The fourth-order valence-corrected chi connectivity index (χ4v) is 3.38. The third-order valence-electron chi connectivity index (χ3n) is 4.59. The van der Waals surface area contributed by atoms with E-state index in [9.17, 15) is 4.79 Å². The summed E-state index contributed by atoms with van der Waals surface area (Å²) in [6.45, 7) is 10.2. The molecule has 0 fully saturated rings. The molecule has 0 aromatic carbocycles. The van der Waals surface area contributed by atoms with Crippen LogP contribution in [0.1, 0.15) is 56.5 Å². The molecule has 0 spiro atoms. The number of aryl methyl sites for hydroxylation is 2. The van der Waals surface area contributed by atoms with Crippen LogP contribution in [0.5, 0.6) is 0 Å². The van der Waals surface area contributed by atoms with Crippen molar-refractivity contribution in [1.82, 2.24) is 25.2 Å². The topological polar surface area (TPSA) is 96.8 Å². The van der Waals surface area contributed by atoms with Crippen molar-refractivity contribution in [2.24, 2.45) is 7.05 Å². The van der Waals surface area contributed by atoms with Crippen LogP contribution in [0, 0.1) is 6.92 Å². The molecule has 2 amide bonds. The molecule has 0 bridgehead atoms. The molecule has 3 heterocycles. The number of rotatable bonds is 5. The number of carbonyl (C=O) groups is 1. The predicted octanol–water partition coefficient (Wildman–Crippen LogP) is 4.72. The second kappa shape index (κ2) is 8.24. The minimum atomic E-state index is -0.434. The lowest BCUT2D eigenvalue weighted by atomic mass is 10.00. The van der Waals surface area contributed by atoms with Gasteiger partial charge in [0.15, 0.2) is 5.65 Å². The summed E-state index contributed by atoms with van der Waals surface area (Å²) in [6.07, 6.45) is 0. The number of urea groups is 1. The van der Waals surface area contributed by atoms with E-state index in [4.69, 9.17) is 11.6 Å². The first-order valence-electron chi connectivity index (χ1n) is 9.50. The van der Waals surface area contributed by atoms with E-state index >= 15 is 0 Å². The Labute approximate surface area is 175 Å². The Morgan fingerprint density at radius 1 is 1.10 bits per heavy atom. The maximum atomic E-state index is 12.3. The van der Waals surface area contributed by atoms with Gasteiger partial charge in [0.25, 0.3) is 0 Å². The number of hydrogen-bond donors (Lipinski definition) is 3. The van der Waals surface area contributed by atoms with Crippen molar-refractivity contribution in [1.29, 1.82) is 0 Å². The van der Waals surface area contributed by atoms with Crippen molar-refractivity contribution in [2.75, 3.05) is 10.7 Å². The number of anilines is 2. The molecular weight excluding hydrogens is 390 g/mol. The number of amides is 2. The molecule has 0 aliphatic rings. The van der Waals surface area contributed by atoms with E-state index in [0.29, 0.717) is 16.7 Å². The van der Waals surface area contributed by atoms with Gasteiger partial charge < -0.3 is 5.32 Å². The molecule has 0 saturated heterocycles. The van der Waals surface area contributed by atoms with E-state index in [0.717, 1.165) is 28.0 Å². The largest absolute Gasteiger partial charge is 0.337 e. The summed E-state index contributed by atoms with van der Waals surface area (Å²) in [7, 11) is 1.86. The molecule has 3 aromatic heterocycles. The molecule has 3 aromatic rings. The summed E-state index contributed by atoms with van der Waals surface area (Å²) in [4.78, 5) is 21.2. The molecule has 0 aliphatic heterocycles. The molecule has 0 unspecified atom stereocenters. The van der Waals surface area contributed by atoms with Crippen LogP contribution in [0.2, 0.25) is 5.15 Å². The van der Waals surface area contributed by atoms with Crippen LogP contribution >= 0.6 is 11.6 Å². The second-order valence-electron chi connectivity index (χ2n) is 7.62. The molecule has 9 heteroatoms. The number of nitrogens with one attached hydrogen (secondary N) is 3. The molecule has 8 nitrogen and oxygen atoms in total.